The Kier molecular flexibility index (Phi) is 2.49. The van der Waals surface area contributed by atoms with Gasteiger partial charge in [0.15, 0.2) is 0 Å². The summed E-state index contributed by atoms with van der Waals surface area (Å²) >= 11 is 0. The second-order valence-electron chi connectivity index (χ2n) is 6.52. The maximum Gasteiger partial charge on any atom is 0.303 e. The van der Waals surface area contributed by atoms with Gasteiger partial charge in [-0.05, 0) is 17.8 Å². The molecule has 4 rings (SSSR count). The van der Waals surface area contributed by atoms with Crippen molar-refractivity contribution in [3.8, 4) is 0 Å². The van der Waals surface area contributed by atoms with Crippen LogP contribution in [0.3, 0.4) is 0 Å². The molecule has 0 aliphatic carbocycles. The number of carboxylic acid groups (broad SMARTS) is 1. The zero-order valence-corrected chi connectivity index (χ0v) is 10.7. The Morgan fingerprint density at radius 3 is 2.41 bits per heavy atom. The van der Waals surface area contributed by atoms with Crippen molar-refractivity contribution in [1.82, 2.24) is 9.80 Å². The van der Waals surface area contributed by atoms with E-state index < -0.39 is 5.97 Å². The first-order chi connectivity index (χ1) is 8.01. The molecule has 4 fully saturated rings. The second-order valence-corrected chi connectivity index (χ2v) is 6.52. The Morgan fingerprint density at radius 2 is 1.94 bits per heavy atom. The van der Waals surface area contributed by atoms with Gasteiger partial charge in [0.2, 0.25) is 0 Å². The number of hydrogen-bond donors (Lipinski definition) is 1. The minimum Gasteiger partial charge on any atom is -0.481 e. The fourth-order valence-electron chi connectivity index (χ4n) is 4.54. The van der Waals surface area contributed by atoms with Gasteiger partial charge in [-0.15, -0.1) is 0 Å². The molecule has 4 aliphatic rings. The van der Waals surface area contributed by atoms with E-state index in [-0.39, 0.29) is 5.41 Å². The molecule has 17 heavy (non-hydrogen) atoms. The molecule has 4 aliphatic heterocycles. The summed E-state index contributed by atoms with van der Waals surface area (Å²) in [5.74, 6) is 0.908. The third kappa shape index (κ3) is 1.61. The molecule has 4 heterocycles. The number of piperidine rings is 2. The van der Waals surface area contributed by atoms with E-state index in [1.165, 1.54) is 0 Å². The van der Waals surface area contributed by atoms with Crippen LogP contribution in [0.4, 0.5) is 0 Å². The molecule has 96 valence electrons. The molecule has 0 amide bonds. The van der Waals surface area contributed by atoms with Crippen LogP contribution < -0.4 is 0 Å². The first kappa shape index (κ1) is 11.5. The molecule has 1 N–H and O–H groups in total. The SMILES string of the molecule is CC(C)C12CN3CC(CN(C3)C1)C2CC(=O)O. The third-order valence-corrected chi connectivity index (χ3v) is 5.27. The van der Waals surface area contributed by atoms with Crippen LogP contribution in [0.25, 0.3) is 0 Å². The van der Waals surface area contributed by atoms with E-state index in [2.05, 4.69) is 23.6 Å². The number of carbonyl (C=O) groups is 1. The van der Waals surface area contributed by atoms with Gasteiger partial charge in [0.05, 0.1) is 6.67 Å². The van der Waals surface area contributed by atoms with Crippen LogP contribution in [0.5, 0.6) is 0 Å². The molecular formula is C13H22N2O2. The lowest BCUT2D eigenvalue weighted by Crippen LogP contribution is -2.72. The van der Waals surface area contributed by atoms with E-state index >= 15 is 0 Å². The molecule has 0 spiro atoms. The number of rotatable bonds is 3. The minimum absolute atomic E-state index is 0.220. The van der Waals surface area contributed by atoms with E-state index in [1.54, 1.807) is 0 Å². The van der Waals surface area contributed by atoms with Crippen molar-refractivity contribution in [3.63, 3.8) is 0 Å². The van der Waals surface area contributed by atoms with Crippen molar-refractivity contribution in [2.45, 2.75) is 20.3 Å². The van der Waals surface area contributed by atoms with Crippen LogP contribution in [0, 0.1) is 23.2 Å². The van der Waals surface area contributed by atoms with Crippen LogP contribution in [0.1, 0.15) is 20.3 Å². The highest BCUT2D eigenvalue weighted by atomic mass is 16.4. The van der Waals surface area contributed by atoms with Gasteiger partial charge in [-0.3, -0.25) is 14.6 Å². The van der Waals surface area contributed by atoms with Crippen LogP contribution in [0.2, 0.25) is 0 Å². The molecule has 0 saturated carbocycles. The molecule has 4 saturated heterocycles. The molecule has 0 aromatic carbocycles. The van der Waals surface area contributed by atoms with Crippen molar-refractivity contribution in [1.29, 1.82) is 0 Å². The van der Waals surface area contributed by atoms with Gasteiger partial charge in [-0.25, -0.2) is 0 Å². The van der Waals surface area contributed by atoms with Crippen LogP contribution in [-0.4, -0.2) is 53.7 Å². The largest absolute Gasteiger partial charge is 0.481 e. The van der Waals surface area contributed by atoms with Gasteiger partial charge in [0.25, 0.3) is 0 Å². The molecule has 4 bridgehead atoms. The molecule has 4 heteroatoms. The Bertz CT molecular complexity index is 328. The quantitative estimate of drug-likeness (QED) is 0.794. The zero-order valence-electron chi connectivity index (χ0n) is 10.7. The Morgan fingerprint density at radius 1 is 1.35 bits per heavy atom. The highest BCUT2D eigenvalue weighted by molar-refractivity contribution is 5.67. The number of aliphatic carboxylic acids is 1. The average molecular weight is 238 g/mol. The summed E-state index contributed by atoms with van der Waals surface area (Å²) < 4.78 is 0. The van der Waals surface area contributed by atoms with Crippen molar-refractivity contribution in [3.05, 3.63) is 0 Å². The lowest BCUT2D eigenvalue weighted by Gasteiger charge is -2.65. The highest BCUT2D eigenvalue weighted by Gasteiger charge is 2.57. The molecule has 3 unspecified atom stereocenters. The van der Waals surface area contributed by atoms with Gasteiger partial charge in [0.1, 0.15) is 0 Å². The summed E-state index contributed by atoms with van der Waals surface area (Å²) in [6, 6.07) is 0. The summed E-state index contributed by atoms with van der Waals surface area (Å²) in [4.78, 5) is 16.2. The van der Waals surface area contributed by atoms with Crippen LogP contribution in [-0.2, 0) is 4.79 Å². The first-order valence-corrected chi connectivity index (χ1v) is 6.68. The third-order valence-electron chi connectivity index (χ3n) is 5.27. The van der Waals surface area contributed by atoms with Crippen molar-refractivity contribution < 1.29 is 9.90 Å². The van der Waals surface area contributed by atoms with Crippen LogP contribution >= 0.6 is 0 Å². The van der Waals surface area contributed by atoms with Gasteiger partial charge in [0, 0.05) is 38.0 Å². The standard InChI is InChI=1S/C13H22N2O2/c1-9(2)13-6-14-4-10(5-15(7-13)8-14)11(13)3-12(16)17/h9-11H,3-8H2,1-2H3,(H,16,17). The molecule has 0 aromatic rings. The average Bonchev–Trinajstić information content (AvgIpc) is 2.21. The van der Waals surface area contributed by atoms with Crippen molar-refractivity contribution >= 4 is 5.97 Å². The summed E-state index contributed by atoms with van der Waals surface area (Å²) in [5, 5.41) is 9.17. The number of nitrogens with zero attached hydrogens (tertiary/aromatic N) is 2. The molecule has 0 radical (unpaired) electrons. The molecular weight excluding hydrogens is 216 g/mol. The highest BCUT2D eigenvalue weighted by Crippen LogP contribution is 2.52. The Balaban J connectivity index is 1.93. The second kappa shape index (κ2) is 3.69. The van der Waals surface area contributed by atoms with Gasteiger partial charge < -0.3 is 5.11 Å². The van der Waals surface area contributed by atoms with E-state index in [0.29, 0.717) is 24.2 Å². The smallest absolute Gasteiger partial charge is 0.303 e. The Hall–Kier alpha value is -0.610. The van der Waals surface area contributed by atoms with Gasteiger partial charge >= 0.3 is 5.97 Å². The monoisotopic (exact) mass is 238 g/mol. The fourth-order valence-corrected chi connectivity index (χ4v) is 4.54. The van der Waals surface area contributed by atoms with Crippen molar-refractivity contribution in [2.24, 2.45) is 23.2 Å². The van der Waals surface area contributed by atoms with E-state index in [9.17, 15) is 4.79 Å². The summed E-state index contributed by atoms with van der Waals surface area (Å²) in [5.41, 5.74) is 0.220. The van der Waals surface area contributed by atoms with E-state index in [4.69, 9.17) is 5.11 Å². The van der Waals surface area contributed by atoms with Crippen molar-refractivity contribution in [2.75, 3.05) is 32.8 Å². The lowest BCUT2D eigenvalue weighted by atomic mass is 9.56. The molecule has 3 atom stereocenters. The topological polar surface area (TPSA) is 43.8 Å². The predicted octanol–water partition coefficient (Wildman–Crippen LogP) is 0.938. The normalized spacial score (nSPS) is 47.7. The van der Waals surface area contributed by atoms with E-state index in [0.717, 1.165) is 32.8 Å². The zero-order chi connectivity index (χ0) is 12.2. The van der Waals surface area contributed by atoms with E-state index in [1.807, 2.05) is 0 Å². The number of carboxylic acids is 1. The summed E-state index contributed by atoms with van der Waals surface area (Å²) in [6.45, 7) is 10.1. The maximum absolute atomic E-state index is 11.1. The maximum atomic E-state index is 11.1. The summed E-state index contributed by atoms with van der Waals surface area (Å²) in [6.07, 6.45) is 0.366. The Labute approximate surface area is 103 Å². The molecule has 4 nitrogen and oxygen atoms in total. The minimum atomic E-state index is -0.618. The van der Waals surface area contributed by atoms with Gasteiger partial charge in [-0.2, -0.15) is 0 Å². The fraction of sp³-hybridized carbons (Fsp3) is 0.923. The summed E-state index contributed by atoms with van der Waals surface area (Å²) in [7, 11) is 0. The van der Waals surface area contributed by atoms with Crippen LogP contribution in [0.15, 0.2) is 0 Å². The predicted molar refractivity (Wildman–Crippen MR) is 64.5 cm³/mol. The van der Waals surface area contributed by atoms with Gasteiger partial charge in [-0.1, -0.05) is 13.8 Å². The number of hydrogen-bond acceptors (Lipinski definition) is 3. The molecule has 0 aromatic heterocycles. The lowest BCUT2D eigenvalue weighted by molar-refractivity contribution is -0.186. The first-order valence-electron chi connectivity index (χ1n) is 6.68.